The number of hydrogen-bond acceptors (Lipinski definition) is 4. The molecule has 0 atom stereocenters. The standard InChI is InChI=1S/C12H10N4/c1-13-12-14-7-9-6-8-4-2-3-5-10(8)15-11(9)16-12/h2-7H,1H3,(H,13,14,15,16). The van der Waals surface area contributed by atoms with Gasteiger partial charge in [0.05, 0.1) is 5.52 Å². The Kier molecular flexibility index (Phi) is 1.93. The molecule has 3 rings (SSSR count). The van der Waals surface area contributed by atoms with Crippen molar-refractivity contribution in [2.75, 3.05) is 12.4 Å². The second-order valence-electron chi connectivity index (χ2n) is 3.54. The molecule has 78 valence electrons. The molecule has 0 spiro atoms. The van der Waals surface area contributed by atoms with Gasteiger partial charge < -0.3 is 5.32 Å². The van der Waals surface area contributed by atoms with E-state index in [4.69, 9.17) is 0 Å². The van der Waals surface area contributed by atoms with E-state index in [2.05, 4.69) is 26.3 Å². The number of anilines is 1. The maximum atomic E-state index is 4.50. The van der Waals surface area contributed by atoms with Gasteiger partial charge in [0.1, 0.15) is 0 Å². The number of benzene rings is 1. The van der Waals surface area contributed by atoms with E-state index < -0.39 is 0 Å². The Balaban J connectivity index is 2.37. The first-order valence-corrected chi connectivity index (χ1v) is 5.07. The minimum absolute atomic E-state index is 0.593. The van der Waals surface area contributed by atoms with Gasteiger partial charge in [-0.1, -0.05) is 18.2 Å². The number of nitrogens with zero attached hydrogens (tertiary/aromatic N) is 3. The summed E-state index contributed by atoms with van der Waals surface area (Å²) in [6.07, 6.45) is 1.79. The monoisotopic (exact) mass is 210 g/mol. The highest BCUT2D eigenvalue weighted by atomic mass is 15.1. The largest absolute Gasteiger partial charge is 0.357 e. The van der Waals surface area contributed by atoms with E-state index in [0.29, 0.717) is 5.95 Å². The zero-order valence-electron chi connectivity index (χ0n) is 8.81. The summed E-state index contributed by atoms with van der Waals surface area (Å²) in [5.74, 6) is 0.593. The molecule has 1 aromatic carbocycles. The molecule has 0 fully saturated rings. The first-order chi connectivity index (χ1) is 7.86. The van der Waals surface area contributed by atoms with Crippen molar-refractivity contribution in [2.24, 2.45) is 0 Å². The van der Waals surface area contributed by atoms with Crippen molar-refractivity contribution in [3.8, 4) is 0 Å². The lowest BCUT2D eigenvalue weighted by atomic mass is 10.2. The van der Waals surface area contributed by atoms with Crippen LogP contribution in [0.1, 0.15) is 0 Å². The molecule has 4 heteroatoms. The maximum Gasteiger partial charge on any atom is 0.224 e. The number of rotatable bonds is 1. The normalized spacial score (nSPS) is 10.8. The Morgan fingerprint density at radius 1 is 1.06 bits per heavy atom. The van der Waals surface area contributed by atoms with Crippen LogP contribution in [0, 0.1) is 0 Å². The zero-order chi connectivity index (χ0) is 11.0. The molecular formula is C12H10N4. The van der Waals surface area contributed by atoms with E-state index in [0.717, 1.165) is 21.9 Å². The fraction of sp³-hybridized carbons (Fsp3) is 0.0833. The summed E-state index contributed by atoms with van der Waals surface area (Å²) in [7, 11) is 1.79. The van der Waals surface area contributed by atoms with Gasteiger partial charge in [-0.2, -0.15) is 4.98 Å². The summed E-state index contributed by atoms with van der Waals surface area (Å²) >= 11 is 0. The Labute approximate surface area is 92.4 Å². The Hall–Kier alpha value is -2.23. The predicted octanol–water partition coefficient (Wildman–Crippen LogP) is 2.22. The molecule has 4 nitrogen and oxygen atoms in total. The molecule has 16 heavy (non-hydrogen) atoms. The minimum atomic E-state index is 0.593. The summed E-state index contributed by atoms with van der Waals surface area (Å²) in [6, 6.07) is 10.0. The Bertz CT molecular complexity index is 663. The maximum absolute atomic E-state index is 4.50. The van der Waals surface area contributed by atoms with E-state index in [1.54, 1.807) is 13.2 Å². The molecule has 0 aliphatic carbocycles. The van der Waals surface area contributed by atoms with Crippen LogP contribution in [0.5, 0.6) is 0 Å². The second-order valence-corrected chi connectivity index (χ2v) is 3.54. The highest BCUT2D eigenvalue weighted by Crippen LogP contribution is 2.17. The van der Waals surface area contributed by atoms with Crippen LogP contribution in [-0.2, 0) is 0 Å². The lowest BCUT2D eigenvalue weighted by molar-refractivity contribution is 1.17. The molecule has 0 unspecified atom stereocenters. The number of nitrogens with one attached hydrogen (secondary N) is 1. The van der Waals surface area contributed by atoms with Crippen molar-refractivity contribution in [2.45, 2.75) is 0 Å². The summed E-state index contributed by atoms with van der Waals surface area (Å²) in [5.41, 5.74) is 1.67. The molecule has 1 N–H and O–H groups in total. The zero-order valence-corrected chi connectivity index (χ0v) is 8.81. The van der Waals surface area contributed by atoms with Crippen molar-refractivity contribution in [1.82, 2.24) is 15.0 Å². The SMILES string of the molecule is CNc1ncc2cc3ccccc3nc2n1. The molecule has 0 saturated heterocycles. The van der Waals surface area contributed by atoms with Crippen molar-refractivity contribution in [3.05, 3.63) is 36.5 Å². The number of hydrogen-bond donors (Lipinski definition) is 1. The predicted molar refractivity (Wildman–Crippen MR) is 64.4 cm³/mol. The Morgan fingerprint density at radius 3 is 2.81 bits per heavy atom. The van der Waals surface area contributed by atoms with Gasteiger partial charge in [-0.3, -0.25) is 0 Å². The second kappa shape index (κ2) is 3.41. The van der Waals surface area contributed by atoms with Gasteiger partial charge in [-0.15, -0.1) is 0 Å². The van der Waals surface area contributed by atoms with Crippen LogP contribution in [-0.4, -0.2) is 22.0 Å². The fourth-order valence-electron chi connectivity index (χ4n) is 1.69. The third-order valence-corrected chi connectivity index (χ3v) is 2.49. The number of pyridine rings is 1. The van der Waals surface area contributed by atoms with Crippen molar-refractivity contribution in [3.63, 3.8) is 0 Å². The van der Waals surface area contributed by atoms with E-state index in [1.165, 1.54) is 0 Å². The Morgan fingerprint density at radius 2 is 1.94 bits per heavy atom. The molecule has 0 amide bonds. The molecule has 2 heterocycles. The van der Waals surface area contributed by atoms with Crippen LogP contribution in [0.3, 0.4) is 0 Å². The molecule has 3 aromatic rings. The third-order valence-electron chi connectivity index (χ3n) is 2.49. The summed E-state index contributed by atoms with van der Waals surface area (Å²) < 4.78 is 0. The van der Waals surface area contributed by atoms with Crippen LogP contribution in [0.4, 0.5) is 5.95 Å². The van der Waals surface area contributed by atoms with E-state index in [-0.39, 0.29) is 0 Å². The number of aromatic nitrogens is 3. The molecule has 0 aliphatic heterocycles. The van der Waals surface area contributed by atoms with Crippen LogP contribution in [0.15, 0.2) is 36.5 Å². The molecule has 0 radical (unpaired) electrons. The topological polar surface area (TPSA) is 50.7 Å². The van der Waals surface area contributed by atoms with Gasteiger partial charge in [0.15, 0.2) is 5.65 Å². The van der Waals surface area contributed by atoms with Gasteiger partial charge >= 0.3 is 0 Å². The first kappa shape index (κ1) is 9.03. The van der Waals surface area contributed by atoms with Crippen molar-refractivity contribution in [1.29, 1.82) is 0 Å². The van der Waals surface area contributed by atoms with Crippen LogP contribution in [0.25, 0.3) is 21.9 Å². The van der Waals surface area contributed by atoms with Crippen LogP contribution >= 0.6 is 0 Å². The average Bonchev–Trinajstić information content (AvgIpc) is 2.35. The molecular weight excluding hydrogens is 200 g/mol. The van der Waals surface area contributed by atoms with E-state index >= 15 is 0 Å². The third kappa shape index (κ3) is 1.35. The highest BCUT2D eigenvalue weighted by Gasteiger charge is 2.01. The number of para-hydroxylation sites is 1. The average molecular weight is 210 g/mol. The van der Waals surface area contributed by atoms with Crippen molar-refractivity contribution < 1.29 is 0 Å². The first-order valence-electron chi connectivity index (χ1n) is 5.07. The fourth-order valence-corrected chi connectivity index (χ4v) is 1.69. The van der Waals surface area contributed by atoms with Gasteiger partial charge in [0, 0.05) is 24.0 Å². The molecule has 0 bridgehead atoms. The van der Waals surface area contributed by atoms with E-state index in [9.17, 15) is 0 Å². The highest BCUT2D eigenvalue weighted by molar-refractivity contribution is 5.90. The molecule has 2 aromatic heterocycles. The minimum Gasteiger partial charge on any atom is -0.357 e. The number of fused-ring (bicyclic) bond motifs is 2. The van der Waals surface area contributed by atoms with Crippen LogP contribution in [0.2, 0.25) is 0 Å². The van der Waals surface area contributed by atoms with Gasteiger partial charge in [0.2, 0.25) is 5.95 Å². The lowest BCUT2D eigenvalue weighted by Crippen LogP contribution is -1.97. The smallest absolute Gasteiger partial charge is 0.224 e. The summed E-state index contributed by atoms with van der Waals surface area (Å²) in [5, 5.41) is 4.97. The summed E-state index contributed by atoms with van der Waals surface area (Å²) in [4.78, 5) is 13.0. The lowest BCUT2D eigenvalue weighted by Gasteiger charge is -2.02. The summed E-state index contributed by atoms with van der Waals surface area (Å²) in [6.45, 7) is 0. The van der Waals surface area contributed by atoms with Gasteiger partial charge in [-0.05, 0) is 12.1 Å². The molecule has 0 aliphatic rings. The quantitative estimate of drug-likeness (QED) is 0.626. The van der Waals surface area contributed by atoms with Crippen molar-refractivity contribution >= 4 is 27.9 Å². The van der Waals surface area contributed by atoms with Gasteiger partial charge in [-0.25, -0.2) is 9.97 Å². The van der Waals surface area contributed by atoms with Crippen LogP contribution < -0.4 is 5.32 Å². The molecule has 0 saturated carbocycles. The van der Waals surface area contributed by atoms with Gasteiger partial charge in [0.25, 0.3) is 0 Å². The van der Waals surface area contributed by atoms with E-state index in [1.807, 2.05) is 24.3 Å².